The minimum Gasteiger partial charge on any atom is -0.315 e. The van der Waals surface area contributed by atoms with Crippen molar-refractivity contribution in [3.63, 3.8) is 0 Å². The highest BCUT2D eigenvalue weighted by Crippen LogP contribution is 2.14. The lowest BCUT2D eigenvalue weighted by molar-refractivity contribution is 0.194. The number of nitrogens with one attached hydrogen (secondary N) is 1. The molecule has 1 unspecified atom stereocenters. The normalized spacial score (nSPS) is 19.9. The number of fused-ring (bicyclic) bond motifs is 1. The van der Waals surface area contributed by atoms with E-state index in [4.69, 9.17) is 0 Å². The molecule has 1 atom stereocenters. The van der Waals surface area contributed by atoms with Crippen LogP contribution in [0.25, 0.3) is 5.78 Å². The smallest absolute Gasteiger partial charge is 0.234 e. The van der Waals surface area contributed by atoms with E-state index in [1.807, 2.05) is 6.92 Å². The van der Waals surface area contributed by atoms with Crippen molar-refractivity contribution >= 4 is 5.78 Å². The van der Waals surface area contributed by atoms with Crippen LogP contribution in [0.3, 0.4) is 0 Å². The first-order valence-corrected chi connectivity index (χ1v) is 7.36. The average molecular weight is 273 g/mol. The zero-order valence-corrected chi connectivity index (χ0v) is 12.6. The van der Waals surface area contributed by atoms with Crippen LogP contribution in [-0.4, -0.2) is 45.4 Å². The summed E-state index contributed by atoms with van der Waals surface area (Å²) in [6.45, 7) is 7.23. The Hall–Kier alpha value is -1.46. The fourth-order valence-electron chi connectivity index (χ4n) is 2.99. The second kappa shape index (κ2) is 5.50. The third-order valence-corrected chi connectivity index (χ3v) is 4.12. The van der Waals surface area contributed by atoms with Gasteiger partial charge in [-0.05, 0) is 46.3 Å². The molecule has 2 aromatic heterocycles. The molecule has 0 saturated carbocycles. The Morgan fingerprint density at radius 1 is 1.40 bits per heavy atom. The minimum atomic E-state index is 0.615. The first-order chi connectivity index (χ1) is 9.63. The number of hydrogen-bond acceptors (Lipinski definition) is 4. The van der Waals surface area contributed by atoms with E-state index in [2.05, 4.69) is 50.8 Å². The van der Waals surface area contributed by atoms with Crippen molar-refractivity contribution < 1.29 is 0 Å². The fraction of sp³-hybridized carbons (Fsp3) is 0.600. The standard InChI is InChI=1S/C15H23N5/c1-11-7-12(2)20-10-13(18-15(20)17-11)9-19(3)14-5-4-6-16-8-14/h7,10,14,16H,4-6,8-9H2,1-3H3. The molecule has 3 heterocycles. The summed E-state index contributed by atoms with van der Waals surface area (Å²) in [5.74, 6) is 0.813. The molecule has 1 fully saturated rings. The van der Waals surface area contributed by atoms with Crippen molar-refractivity contribution in [1.82, 2.24) is 24.6 Å². The molecule has 0 aliphatic carbocycles. The number of likely N-dealkylation sites (N-methyl/N-ethyl adjacent to an activating group) is 1. The second-order valence-electron chi connectivity index (χ2n) is 5.86. The van der Waals surface area contributed by atoms with Gasteiger partial charge in [0.05, 0.1) is 5.69 Å². The van der Waals surface area contributed by atoms with Crippen LogP contribution in [0.15, 0.2) is 12.3 Å². The van der Waals surface area contributed by atoms with E-state index in [-0.39, 0.29) is 0 Å². The average Bonchev–Trinajstić information content (AvgIpc) is 2.82. The van der Waals surface area contributed by atoms with Crippen molar-refractivity contribution in [3.05, 3.63) is 29.3 Å². The zero-order valence-electron chi connectivity index (χ0n) is 12.6. The number of aryl methyl sites for hydroxylation is 2. The molecule has 2 aromatic rings. The van der Waals surface area contributed by atoms with Crippen LogP contribution in [0.2, 0.25) is 0 Å². The third-order valence-electron chi connectivity index (χ3n) is 4.12. The predicted molar refractivity (Wildman–Crippen MR) is 79.8 cm³/mol. The monoisotopic (exact) mass is 273 g/mol. The van der Waals surface area contributed by atoms with Gasteiger partial charge in [-0.15, -0.1) is 0 Å². The first-order valence-electron chi connectivity index (χ1n) is 7.36. The van der Waals surface area contributed by atoms with Crippen LogP contribution in [0.5, 0.6) is 0 Å². The molecule has 1 aliphatic rings. The van der Waals surface area contributed by atoms with E-state index in [0.717, 1.165) is 36.8 Å². The van der Waals surface area contributed by atoms with E-state index in [9.17, 15) is 0 Å². The lowest BCUT2D eigenvalue weighted by Gasteiger charge is -2.31. The highest BCUT2D eigenvalue weighted by molar-refractivity contribution is 5.34. The predicted octanol–water partition coefficient (Wildman–Crippen LogP) is 1.53. The van der Waals surface area contributed by atoms with Gasteiger partial charge < -0.3 is 5.32 Å². The van der Waals surface area contributed by atoms with Crippen LogP contribution in [0.1, 0.15) is 29.9 Å². The Bertz CT molecular complexity index is 598. The van der Waals surface area contributed by atoms with Gasteiger partial charge in [0.15, 0.2) is 0 Å². The van der Waals surface area contributed by atoms with Gasteiger partial charge in [-0.2, -0.15) is 0 Å². The topological polar surface area (TPSA) is 45.5 Å². The van der Waals surface area contributed by atoms with Crippen LogP contribution < -0.4 is 5.32 Å². The lowest BCUT2D eigenvalue weighted by Crippen LogP contribution is -2.43. The maximum Gasteiger partial charge on any atom is 0.234 e. The highest BCUT2D eigenvalue weighted by Gasteiger charge is 2.18. The number of aromatic nitrogens is 3. The molecule has 0 bridgehead atoms. The summed E-state index contributed by atoms with van der Waals surface area (Å²) < 4.78 is 2.08. The number of hydrogen-bond donors (Lipinski definition) is 1. The van der Waals surface area contributed by atoms with Crippen molar-refractivity contribution in [3.8, 4) is 0 Å². The molecule has 1 saturated heterocycles. The summed E-state index contributed by atoms with van der Waals surface area (Å²) in [5.41, 5.74) is 3.31. The molecule has 1 N–H and O–H groups in total. The molecule has 5 heteroatoms. The van der Waals surface area contributed by atoms with Gasteiger partial charge >= 0.3 is 0 Å². The number of piperidine rings is 1. The van der Waals surface area contributed by atoms with E-state index < -0.39 is 0 Å². The van der Waals surface area contributed by atoms with Crippen molar-refractivity contribution in [2.24, 2.45) is 0 Å². The van der Waals surface area contributed by atoms with Crippen molar-refractivity contribution in [2.75, 3.05) is 20.1 Å². The summed E-state index contributed by atoms with van der Waals surface area (Å²) in [6, 6.07) is 2.71. The van der Waals surface area contributed by atoms with Crippen molar-refractivity contribution in [1.29, 1.82) is 0 Å². The summed E-state index contributed by atoms with van der Waals surface area (Å²) >= 11 is 0. The molecule has 3 rings (SSSR count). The fourth-order valence-corrected chi connectivity index (χ4v) is 2.99. The van der Waals surface area contributed by atoms with E-state index in [1.165, 1.54) is 18.5 Å². The SMILES string of the molecule is Cc1cc(C)n2cc(CN(C)C3CCCNC3)nc2n1. The van der Waals surface area contributed by atoms with Crippen LogP contribution >= 0.6 is 0 Å². The first kappa shape index (κ1) is 13.5. The van der Waals surface area contributed by atoms with Gasteiger partial charge in [0.1, 0.15) is 0 Å². The Morgan fingerprint density at radius 3 is 3.00 bits per heavy atom. The van der Waals surface area contributed by atoms with Gasteiger partial charge in [0, 0.05) is 36.7 Å². The minimum absolute atomic E-state index is 0.615. The van der Waals surface area contributed by atoms with Gasteiger partial charge in [-0.25, -0.2) is 9.97 Å². The lowest BCUT2D eigenvalue weighted by atomic mass is 10.1. The molecular formula is C15H23N5. The van der Waals surface area contributed by atoms with E-state index in [1.54, 1.807) is 0 Å². The van der Waals surface area contributed by atoms with Gasteiger partial charge in [0.25, 0.3) is 0 Å². The quantitative estimate of drug-likeness (QED) is 0.921. The number of nitrogens with zero attached hydrogens (tertiary/aromatic N) is 4. The molecular weight excluding hydrogens is 250 g/mol. The molecule has 0 aromatic carbocycles. The maximum absolute atomic E-state index is 4.66. The van der Waals surface area contributed by atoms with E-state index in [0.29, 0.717) is 6.04 Å². The Balaban J connectivity index is 1.78. The Labute approximate surface area is 120 Å². The molecule has 5 nitrogen and oxygen atoms in total. The maximum atomic E-state index is 4.66. The summed E-state index contributed by atoms with van der Waals surface area (Å²) in [5, 5.41) is 3.47. The summed E-state index contributed by atoms with van der Waals surface area (Å²) in [7, 11) is 2.19. The number of rotatable bonds is 3. The van der Waals surface area contributed by atoms with Gasteiger partial charge in [-0.3, -0.25) is 9.30 Å². The second-order valence-corrected chi connectivity index (χ2v) is 5.86. The van der Waals surface area contributed by atoms with Crippen LogP contribution in [0.4, 0.5) is 0 Å². The zero-order chi connectivity index (χ0) is 14.1. The molecule has 1 aliphatic heterocycles. The largest absolute Gasteiger partial charge is 0.315 e. The number of imidazole rings is 1. The van der Waals surface area contributed by atoms with Gasteiger partial charge in [-0.1, -0.05) is 0 Å². The molecule has 0 amide bonds. The molecule has 20 heavy (non-hydrogen) atoms. The van der Waals surface area contributed by atoms with Gasteiger partial charge in [0.2, 0.25) is 5.78 Å². The van der Waals surface area contributed by atoms with E-state index >= 15 is 0 Å². The molecule has 0 radical (unpaired) electrons. The Kier molecular flexibility index (Phi) is 3.72. The molecule has 108 valence electrons. The third kappa shape index (κ3) is 2.69. The van der Waals surface area contributed by atoms with Crippen molar-refractivity contribution in [2.45, 2.75) is 39.3 Å². The Morgan fingerprint density at radius 2 is 2.25 bits per heavy atom. The summed E-state index contributed by atoms with van der Waals surface area (Å²) in [4.78, 5) is 11.6. The van der Waals surface area contributed by atoms with Crippen LogP contribution in [-0.2, 0) is 6.54 Å². The highest BCUT2D eigenvalue weighted by atomic mass is 15.2. The molecule has 0 spiro atoms. The summed E-state index contributed by atoms with van der Waals surface area (Å²) in [6.07, 6.45) is 4.65. The van der Waals surface area contributed by atoms with Crippen LogP contribution in [0, 0.1) is 13.8 Å².